The fraction of sp³-hybridized carbons (Fsp3) is 0.143. The van der Waals surface area contributed by atoms with Crippen molar-refractivity contribution >= 4 is 33.2 Å². The van der Waals surface area contributed by atoms with Crippen LogP contribution in [0.4, 0.5) is 5.69 Å². The molecule has 0 aromatic heterocycles. The Kier molecular flexibility index (Phi) is 2.98. The van der Waals surface area contributed by atoms with Crippen molar-refractivity contribution in [3.63, 3.8) is 0 Å². The van der Waals surface area contributed by atoms with E-state index in [4.69, 9.17) is 17.1 Å². The molecule has 0 unspecified atom stereocenters. The van der Waals surface area contributed by atoms with Crippen molar-refractivity contribution < 1.29 is 0 Å². The van der Waals surface area contributed by atoms with Crippen LogP contribution < -0.4 is 0 Å². The van der Waals surface area contributed by atoms with E-state index >= 15 is 0 Å². The zero-order valence-electron chi connectivity index (χ0n) is 6.25. The highest BCUT2D eigenvalue weighted by Gasteiger charge is 2.04. The number of nitrogens with zero attached hydrogens (tertiary/aromatic N) is 3. The lowest BCUT2D eigenvalue weighted by atomic mass is 10.2. The van der Waals surface area contributed by atoms with Crippen molar-refractivity contribution in [2.45, 2.75) is 6.92 Å². The summed E-state index contributed by atoms with van der Waals surface area (Å²) in [4.78, 5) is 2.71. The molecular weight excluding hydrogens is 241 g/mol. The van der Waals surface area contributed by atoms with Gasteiger partial charge in [-0.2, -0.15) is 0 Å². The maximum Gasteiger partial charge on any atom is 0.0561 e. The van der Waals surface area contributed by atoms with Gasteiger partial charge in [0.2, 0.25) is 0 Å². The molecule has 62 valence electrons. The monoisotopic (exact) mass is 245 g/mol. The molecule has 1 rings (SSSR count). The Bertz CT molecular complexity index is 358. The molecule has 0 N–H and O–H groups in total. The minimum absolute atomic E-state index is 0.546. The van der Waals surface area contributed by atoms with Crippen molar-refractivity contribution in [3.05, 3.63) is 37.6 Å². The van der Waals surface area contributed by atoms with Crippen LogP contribution in [0.1, 0.15) is 5.56 Å². The highest BCUT2D eigenvalue weighted by atomic mass is 79.9. The van der Waals surface area contributed by atoms with Gasteiger partial charge in [0.1, 0.15) is 0 Å². The largest absolute Gasteiger partial charge is 0.0840 e. The summed E-state index contributed by atoms with van der Waals surface area (Å²) < 4.78 is 0.752. The van der Waals surface area contributed by atoms with Crippen LogP contribution in [0.2, 0.25) is 5.02 Å². The van der Waals surface area contributed by atoms with Crippen molar-refractivity contribution in [1.29, 1.82) is 0 Å². The van der Waals surface area contributed by atoms with E-state index in [0.29, 0.717) is 10.7 Å². The van der Waals surface area contributed by atoms with Gasteiger partial charge in [0.15, 0.2) is 0 Å². The van der Waals surface area contributed by atoms with Crippen LogP contribution in [-0.4, -0.2) is 0 Å². The van der Waals surface area contributed by atoms with Crippen LogP contribution in [0.15, 0.2) is 21.7 Å². The first kappa shape index (κ1) is 9.39. The SMILES string of the molecule is Cc1c(Cl)ccc(Br)c1N=[N+]=[N-]. The Morgan fingerprint density at radius 3 is 2.83 bits per heavy atom. The topological polar surface area (TPSA) is 48.8 Å². The summed E-state index contributed by atoms with van der Waals surface area (Å²) in [5, 5.41) is 4.11. The minimum atomic E-state index is 0.546. The summed E-state index contributed by atoms with van der Waals surface area (Å²) in [6, 6.07) is 3.50. The van der Waals surface area contributed by atoms with E-state index in [1.54, 1.807) is 19.1 Å². The van der Waals surface area contributed by atoms with Crippen LogP contribution in [0, 0.1) is 6.92 Å². The Morgan fingerprint density at radius 2 is 2.25 bits per heavy atom. The number of azide groups is 1. The molecule has 0 fully saturated rings. The molecule has 0 amide bonds. The van der Waals surface area contributed by atoms with E-state index in [0.717, 1.165) is 10.0 Å². The fourth-order valence-corrected chi connectivity index (χ4v) is 1.47. The van der Waals surface area contributed by atoms with E-state index < -0.39 is 0 Å². The number of hydrogen-bond donors (Lipinski definition) is 0. The van der Waals surface area contributed by atoms with E-state index in [9.17, 15) is 0 Å². The normalized spacial score (nSPS) is 9.25. The first-order valence-electron chi connectivity index (χ1n) is 3.16. The van der Waals surface area contributed by atoms with Gasteiger partial charge in [-0.05, 0) is 30.2 Å². The molecule has 0 aliphatic heterocycles. The van der Waals surface area contributed by atoms with Gasteiger partial charge in [-0.3, -0.25) is 0 Å². The highest BCUT2D eigenvalue weighted by molar-refractivity contribution is 9.10. The average Bonchev–Trinajstić information content (AvgIpc) is 2.06. The van der Waals surface area contributed by atoms with Crippen LogP contribution in [-0.2, 0) is 0 Å². The molecule has 12 heavy (non-hydrogen) atoms. The molecule has 0 aliphatic carbocycles. The predicted octanol–water partition coefficient (Wildman–Crippen LogP) is 4.35. The molecule has 0 spiro atoms. The smallest absolute Gasteiger partial charge is 0.0561 e. The summed E-state index contributed by atoms with van der Waals surface area (Å²) in [5.74, 6) is 0. The molecule has 0 radical (unpaired) electrons. The Labute approximate surface area is 83.1 Å². The lowest BCUT2D eigenvalue weighted by Crippen LogP contribution is -1.77. The molecule has 5 heteroatoms. The molecule has 0 saturated carbocycles. The number of halogens is 2. The zero-order chi connectivity index (χ0) is 9.14. The van der Waals surface area contributed by atoms with E-state index in [-0.39, 0.29) is 0 Å². The predicted molar refractivity (Wildman–Crippen MR) is 52.7 cm³/mol. The van der Waals surface area contributed by atoms with Gasteiger partial charge < -0.3 is 0 Å². The van der Waals surface area contributed by atoms with Crippen molar-refractivity contribution in [1.82, 2.24) is 0 Å². The number of benzene rings is 1. The molecule has 1 aromatic rings. The third-order valence-electron chi connectivity index (χ3n) is 1.46. The van der Waals surface area contributed by atoms with Crippen LogP contribution in [0.3, 0.4) is 0 Å². The van der Waals surface area contributed by atoms with Crippen molar-refractivity contribution in [3.8, 4) is 0 Å². The van der Waals surface area contributed by atoms with Gasteiger partial charge in [0, 0.05) is 14.4 Å². The van der Waals surface area contributed by atoms with Gasteiger partial charge >= 0.3 is 0 Å². The lowest BCUT2D eigenvalue weighted by Gasteiger charge is -2.03. The molecule has 0 saturated heterocycles. The number of hydrogen-bond acceptors (Lipinski definition) is 1. The van der Waals surface area contributed by atoms with Gasteiger partial charge in [0.05, 0.1) is 5.69 Å². The van der Waals surface area contributed by atoms with Gasteiger partial charge in [0.25, 0.3) is 0 Å². The van der Waals surface area contributed by atoms with Gasteiger partial charge in [-0.1, -0.05) is 32.6 Å². The summed E-state index contributed by atoms with van der Waals surface area (Å²) >= 11 is 9.08. The minimum Gasteiger partial charge on any atom is -0.0840 e. The second-order valence-corrected chi connectivity index (χ2v) is 3.45. The molecular formula is C7H5BrClN3. The molecule has 1 aromatic carbocycles. The van der Waals surface area contributed by atoms with E-state index in [1.807, 2.05) is 0 Å². The lowest BCUT2D eigenvalue weighted by molar-refractivity contribution is 1.36. The molecule has 0 heterocycles. The van der Waals surface area contributed by atoms with E-state index in [1.165, 1.54) is 0 Å². The first-order valence-corrected chi connectivity index (χ1v) is 4.33. The Balaban J connectivity index is 3.42. The highest BCUT2D eigenvalue weighted by Crippen LogP contribution is 2.33. The molecule has 0 atom stereocenters. The maximum atomic E-state index is 8.25. The summed E-state index contributed by atoms with van der Waals surface area (Å²) in [6.07, 6.45) is 0. The quantitative estimate of drug-likeness (QED) is 0.402. The summed E-state index contributed by atoms with van der Waals surface area (Å²) in [6.45, 7) is 1.80. The molecule has 0 aliphatic rings. The summed E-state index contributed by atoms with van der Waals surface area (Å²) in [7, 11) is 0. The standard InChI is InChI=1S/C7H5BrClN3/c1-4-6(9)3-2-5(8)7(4)11-12-10/h2-3H,1H3. The second-order valence-electron chi connectivity index (χ2n) is 2.19. The van der Waals surface area contributed by atoms with Crippen molar-refractivity contribution in [2.24, 2.45) is 5.11 Å². The van der Waals surface area contributed by atoms with Gasteiger partial charge in [-0.15, -0.1) is 0 Å². The number of rotatable bonds is 1. The van der Waals surface area contributed by atoms with Crippen LogP contribution in [0.5, 0.6) is 0 Å². The second kappa shape index (κ2) is 3.81. The molecule has 0 bridgehead atoms. The summed E-state index contributed by atoms with van der Waals surface area (Å²) in [5.41, 5.74) is 9.58. The molecule has 3 nitrogen and oxygen atoms in total. The third-order valence-corrected chi connectivity index (χ3v) is 2.51. The van der Waals surface area contributed by atoms with Crippen molar-refractivity contribution in [2.75, 3.05) is 0 Å². The average molecular weight is 246 g/mol. The fourth-order valence-electron chi connectivity index (χ4n) is 0.810. The van der Waals surface area contributed by atoms with E-state index in [2.05, 4.69) is 26.0 Å². The van der Waals surface area contributed by atoms with Gasteiger partial charge in [-0.25, -0.2) is 0 Å². The first-order chi connectivity index (χ1) is 5.66. The maximum absolute atomic E-state index is 8.25. The van der Waals surface area contributed by atoms with Crippen LogP contribution in [0.25, 0.3) is 10.4 Å². The Hall–Kier alpha value is -0.700. The zero-order valence-corrected chi connectivity index (χ0v) is 8.59. The third kappa shape index (κ3) is 1.72. The van der Waals surface area contributed by atoms with Crippen LogP contribution >= 0.6 is 27.5 Å². The Morgan fingerprint density at radius 1 is 1.58 bits per heavy atom.